The molecule has 0 amide bonds. The summed E-state index contributed by atoms with van der Waals surface area (Å²) in [5, 5.41) is 0. The van der Waals surface area contributed by atoms with E-state index in [4.69, 9.17) is 9.47 Å². The van der Waals surface area contributed by atoms with E-state index in [1.165, 1.54) is 57.8 Å². The molecular formula is C47H66O5. The Labute approximate surface area is 314 Å². The molecule has 5 nitrogen and oxygen atoms in total. The third kappa shape index (κ3) is 8.24. The standard InChI is InChI=1S/C47H66O5/c1-31(30-51-44(50)45(3,4)5)12-11-13-32(2)39-22-23-40-38-21-20-36-29-37(24-26-46(36,6)41(38)25-27-47(39,40)7)52-42(48)28-33-16-18-35(19-17-33)43(49)34-14-9-8-10-15-34/h8-10,14-19,31-32,36-41H,11-13,20-30H2,1-7H3/t31-,32-,36+,37-,38+,39-,40+,41+,46+,47-/m1/s1. The molecule has 0 heterocycles. The molecule has 2 aromatic carbocycles. The van der Waals surface area contributed by atoms with Crippen LogP contribution in [0.5, 0.6) is 0 Å². The maximum atomic E-state index is 13.1. The number of benzene rings is 2. The van der Waals surface area contributed by atoms with Gasteiger partial charge in [0.15, 0.2) is 5.78 Å². The van der Waals surface area contributed by atoms with Gasteiger partial charge in [0.25, 0.3) is 0 Å². The molecule has 284 valence electrons. The number of carbonyl (C=O) groups excluding carboxylic acids is 3. The van der Waals surface area contributed by atoms with E-state index in [1.807, 2.05) is 75.4 Å². The molecule has 0 aromatic heterocycles. The summed E-state index contributed by atoms with van der Waals surface area (Å²) in [5.74, 6) is 4.82. The van der Waals surface area contributed by atoms with Crippen LogP contribution in [0.3, 0.4) is 0 Å². The Balaban J connectivity index is 0.972. The summed E-state index contributed by atoms with van der Waals surface area (Å²) < 4.78 is 11.8. The number of hydrogen-bond donors (Lipinski definition) is 0. The maximum absolute atomic E-state index is 13.1. The van der Waals surface area contributed by atoms with Crippen molar-refractivity contribution in [3.63, 3.8) is 0 Å². The van der Waals surface area contributed by atoms with E-state index in [0.717, 1.165) is 54.4 Å². The van der Waals surface area contributed by atoms with Crippen molar-refractivity contribution in [2.45, 2.75) is 138 Å². The number of ether oxygens (including phenoxy) is 2. The number of hydrogen-bond acceptors (Lipinski definition) is 5. The van der Waals surface area contributed by atoms with Crippen molar-refractivity contribution in [1.82, 2.24) is 0 Å². The van der Waals surface area contributed by atoms with Crippen LogP contribution in [0.4, 0.5) is 0 Å². The van der Waals surface area contributed by atoms with Crippen LogP contribution < -0.4 is 0 Å². The molecule has 10 atom stereocenters. The van der Waals surface area contributed by atoms with Gasteiger partial charge in [-0.15, -0.1) is 0 Å². The van der Waals surface area contributed by atoms with Crippen molar-refractivity contribution in [3.8, 4) is 0 Å². The predicted molar refractivity (Wildman–Crippen MR) is 208 cm³/mol. The molecule has 4 fully saturated rings. The van der Waals surface area contributed by atoms with Gasteiger partial charge in [-0.25, -0.2) is 0 Å². The van der Waals surface area contributed by atoms with Gasteiger partial charge < -0.3 is 9.47 Å². The Morgan fingerprint density at radius 2 is 1.46 bits per heavy atom. The lowest BCUT2D eigenvalue weighted by Gasteiger charge is -2.61. The van der Waals surface area contributed by atoms with Gasteiger partial charge in [-0.3, -0.25) is 14.4 Å². The fourth-order valence-corrected chi connectivity index (χ4v) is 11.7. The van der Waals surface area contributed by atoms with Gasteiger partial charge in [0, 0.05) is 11.1 Å². The number of carbonyl (C=O) groups is 3. The Morgan fingerprint density at radius 3 is 2.17 bits per heavy atom. The zero-order valence-corrected chi connectivity index (χ0v) is 33.3. The van der Waals surface area contributed by atoms with Gasteiger partial charge in [0.05, 0.1) is 18.4 Å². The quantitative estimate of drug-likeness (QED) is 0.162. The molecule has 0 bridgehead atoms. The molecule has 52 heavy (non-hydrogen) atoms. The highest BCUT2D eigenvalue weighted by molar-refractivity contribution is 6.08. The molecule has 0 radical (unpaired) electrons. The van der Waals surface area contributed by atoms with Crippen molar-refractivity contribution in [2.75, 3.05) is 6.61 Å². The summed E-state index contributed by atoms with van der Waals surface area (Å²) in [6, 6.07) is 16.7. The second-order valence-electron chi connectivity index (χ2n) is 19.2. The van der Waals surface area contributed by atoms with E-state index in [2.05, 4.69) is 27.7 Å². The minimum absolute atomic E-state index is 0.00468. The summed E-state index contributed by atoms with van der Waals surface area (Å²) >= 11 is 0. The van der Waals surface area contributed by atoms with Crippen molar-refractivity contribution >= 4 is 17.7 Å². The van der Waals surface area contributed by atoms with E-state index in [0.29, 0.717) is 40.4 Å². The van der Waals surface area contributed by atoms with E-state index in [-0.39, 0.29) is 30.2 Å². The molecule has 4 aliphatic carbocycles. The minimum atomic E-state index is -0.434. The van der Waals surface area contributed by atoms with Crippen molar-refractivity contribution in [1.29, 1.82) is 0 Å². The van der Waals surface area contributed by atoms with E-state index < -0.39 is 5.41 Å². The maximum Gasteiger partial charge on any atom is 0.311 e. The third-order valence-electron chi connectivity index (χ3n) is 14.7. The average molecular weight is 711 g/mol. The van der Waals surface area contributed by atoms with Gasteiger partial charge in [-0.05, 0) is 143 Å². The fraction of sp³-hybridized carbons (Fsp3) is 0.681. The zero-order chi connectivity index (χ0) is 37.3. The molecule has 0 spiro atoms. The second-order valence-corrected chi connectivity index (χ2v) is 19.2. The molecule has 0 unspecified atom stereocenters. The van der Waals surface area contributed by atoms with E-state index in [1.54, 1.807) is 0 Å². The van der Waals surface area contributed by atoms with Crippen LogP contribution in [-0.4, -0.2) is 30.4 Å². The molecule has 6 rings (SSSR count). The molecule has 4 saturated carbocycles. The van der Waals surface area contributed by atoms with Crippen LogP contribution in [0.25, 0.3) is 0 Å². The molecule has 4 aliphatic rings. The van der Waals surface area contributed by atoms with Crippen LogP contribution in [0, 0.1) is 57.7 Å². The number of ketones is 1. The Bertz CT molecular complexity index is 1540. The first kappa shape index (κ1) is 38.8. The van der Waals surface area contributed by atoms with Crippen LogP contribution in [0.2, 0.25) is 0 Å². The summed E-state index contributed by atoms with van der Waals surface area (Å²) in [6.07, 6.45) is 15.1. The topological polar surface area (TPSA) is 69.7 Å². The first-order chi connectivity index (χ1) is 24.7. The smallest absolute Gasteiger partial charge is 0.311 e. The van der Waals surface area contributed by atoms with Crippen LogP contribution in [0.15, 0.2) is 54.6 Å². The predicted octanol–water partition coefficient (Wildman–Crippen LogP) is 11.1. The lowest BCUT2D eigenvalue weighted by atomic mass is 9.44. The number of rotatable bonds is 12. The lowest BCUT2D eigenvalue weighted by Crippen LogP contribution is -2.54. The Morgan fingerprint density at radius 1 is 0.788 bits per heavy atom. The normalized spacial score (nSPS) is 32.4. The highest BCUT2D eigenvalue weighted by atomic mass is 16.5. The fourth-order valence-electron chi connectivity index (χ4n) is 11.7. The monoisotopic (exact) mass is 710 g/mol. The van der Waals surface area contributed by atoms with Gasteiger partial charge in [0.2, 0.25) is 0 Å². The van der Waals surface area contributed by atoms with Crippen LogP contribution in [0.1, 0.15) is 147 Å². The summed E-state index contributed by atoms with van der Waals surface area (Å²) in [7, 11) is 0. The van der Waals surface area contributed by atoms with Crippen molar-refractivity contribution in [3.05, 3.63) is 71.3 Å². The summed E-state index contributed by atoms with van der Waals surface area (Å²) in [5.41, 5.74) is 2.57. The lowest BCUT2D eigenvalue weighted by molar-refractivity contribution is -0.162. The minimum Gasteiger partial charge on any atom is -0.465 e. The van der Waals surface area contributed by atoms with Crippen molar-refractivity contribution < 1.29 is 23.9 Å². The molecule has 2 aromatic rings. The Kier molecular flexibility index (Phi) is 11.8. The van der Waals surface area contributed by atoms with Gasteiger partial charge in [-0.2, -0.15) is 0 Å². The summed E-state index contributed by atoms with van der Waals surface area (Å²) in [4.78, 5) is 38.1. The van der Waals surface area contributed by atoms with Gasteiger partial charge in [-0.1, -0.05) is 95.1 Å². The molecule has 0 saturated heterocycles. The van der Waals surface area contributed by atoms with Gasteiger partial charge >= 0.3 is 11.9 Å². The van der Waals surface area contributed by atoms with Crippen molar-refractivity contribution in [2.24, 2.45) is 57.7 Å². The number of esters is 2. The van der Waals surface area contributed by atoms with Crippen LogP contribution >= 0.6 is 0 Å². The second kappa shape index (κ2) is 15.8. The molecule has 5 heteroatoms. The van der Waals surface area contributed by atoms with E-state index >= 15 is 0 Å². The third-order valence-corrected chi connectivity index (χ3v) is 14.7. The molecule has 0 aliphatic heterocycles. The van der Waals surface area contributed by atoms with E-state index in [9.17, 15) is 14.4 Å². The average Bonchev–Trinajstić information content (AvgIpc) is 3.48. The Hall–Kier alpha value is -2.95. The highest BCUT2D eigenvalue weighted by Crippen LogP contribution is 2.68. The van der Waals surface area contributed by atoms with Gasteiger partial charge in [0.1, 0.15) is 6.10 Å². The van der Waals surface area contributed by atoms with Crippen LogP contribution in [-0.2, 0) is 25.5 Å². The highest BCUT2D eigenvalue weighted by Gasteiger charge is 2.60. The first-order valence-electron chi connectivity index (χ1n) is 20.7. The molecular weight excluding hydrogens is 645 g/mol. The summed E-state index contributed by atoms with van der Waals surface area (Å²) in [6.45, 7) is 16.3. The molecule has 0 N–H and O–H groups in total. The number of fused-ring (bicyclic) bond motifs is 5. The zero-order valence-electron chi connectivity index (χ0n) is 33.3. The largest absolute Gasteiger partial charge is 0.465 e. The SMILES string of the molecule is C[C@H](CCC[C@@H](C)[C@H]1CC[C@H]2[C@@H]3CC[C@H]4C[C@H](OC(=O)Cc5ccc(C(=O)c6ccccc6)cc5)CC[C@]4(C)[C@H]3CC[C@]12C)COC(=O)C(C)(C)C. The first-order valence-corrected chi connectivity index (χ1v) is 20.7.